The lowest BCUT2D eigenvalue weighted by Crippen LogP contribution is -2.47. The molecule has 2 aromatic carbocycles. The van der Waals surface area contributed by atoms with Crippen molar-refractivity contribution in [3.63, 3.8) is 0 Å². The first-order valence-electron chi connectivity index (χ1n) is 11.6. The molecule has 1 N–H and O–H groups in total. The van der Waals surface area contributed by atoms with Crippen LogP contribution in [0.3, 0.4) is 0 Å². The normalized spacial score (nSPS) is 16.6. The summed E-state index contributed by atoms with van der Waals surface area (Å²) in [6.07, 6.45) is 0.742. The third-order valence-corrected chi connectivity index (χ3v) is 9.03. The van der Waals surface area contributed by atoms with Crippen molar-refractivity contribution in [2.75, 3.05) is 37.8 Å². The zero-order chi connectivity index (χ0) is 26.8. The van der Waals surface area contributed by atoms with Gasteiger partial charge in [-0.1, -0.05) is 30.1 Å². The smallest absolute Gasteiger partial charge is 0.407 e. The molecule has 0 bridgehead atoms. The summed E-state index contributed by atoms with van der Waals surface area (Å²) in [4.78, 5) is 29.6. The molecule has 36 heavy (non-hydrogen) atoms. The van der Waals surface area contributed by atoms with Gasteiger partial charge in [-0.05, 0) is 67.8 Å². The second kappa shape index (κ2) is 11.4. The Morgan fingerprint density at radius 2 is 1.86 bits per heavy atom. The molecule has 1 heterocycles. The standard InChI is InChI=1S/C25H31Cl2N3O5S/c1-5-36(34,35)23-9-8-18(26)13-22(23)29(4)24(31)17-11-16(2)20(21(27)12-17)15-30-10-6-7-19(14-30)28(3)25(32)33/h8-9,11-13,19H,5-7,10,14-15H2,1-4H3,(H,32,33)/t19-/m0/s1. The SMILES string of the molecule is CCS(=O)(=O)c1ccc(Cl)cc1N(C)C(=O)c1cc(C)c(CN2CCC[C@H](N(C)C(=O)O)C2)c(Cl)c1. The van der Waals surface area contributed by atoms with Crippen molar-refractivity contribution in [3.8, 4) is 0 Å². The van der Waals surface area contributed by atoms with Crippen molar-refractivity contribution < 1.29 is 23.1 Å². The lowest BCUT2D eigenvalue weighted by atomic mass is 10.0. The van der Waals surface area contributed by atoms with Gasteiger partial charge >= 0.3 is 6.09 Å². The Morgan fingerprint density at radius 3 is 2.47 bits per heavy atom. The van der Waals surface area contributed by atoms with Crippen molar-refractivity contribution in [2.24, 2.45) is 0 Å². The Kier molecular flexibility index (Phi) is 8.93. The fraction of sp³-hybridized carbons (Fsp3) is 0.440. The van der Waals surface area contributed by atoms with E-state index in [1.807, 2.05) is 6.92 Å². The molecule has 0 spiro atoms. The van der Waals surface area contributed by atoms with Crippen LogP contribution >= 0.6 is 23.2 Å². The summed E-state index contributed by atoms with van der Waals surface area (Å²) in [6.45, 7) is 5.38. The number of carbonyl (C=O) groups is 2. The molecule has 0 saturated carbocycles. The van der Waals surface area contributed by atoms with Gasteiger partial charge < -0.3 is 14.9 Å². The maximum absolute atomic E-state index is 13.4. The topological polar surface area (TPSA) is 98.2 Å². The summed E-state index contributed by atoms with van der Waals surface area (Å²) >= 11 is 12.8. The maximum Gasteiger partial charge on any atom is 0.407 e. The number of halogens is 2. The van der Waals surface area contributed by atoms with Crippen LogP contribution in [0.1, 0.15) is 41.3 Å². The number of hydrogen-bond donors (Lipinski definition) is 1. The average Bonchev–Trinajstić information content (AvgIpc) is 2.84. The van der Waals surface area contributed by atoms with Crippen molar-refractivity contribution in [2.45, 2.75) is 44.2 Å². The van der Waals surface area contributed by atoms with Crippen LogP contribution in [0.4, 0.5) is 10.5 Å². The Labute approximate surface area is 222 Å². The number of hydrogen-bond acceptors (Lipinski definition) is 5. The van der Waals surface area contributed by atoms with Crippen LogP contribution in [-0.2, 0) is 16.4 Å². The van der Waals surface area contributed by atoms with E-state index in [2.05, 4.69) is 4.90 Å². The molecule has 0 radical (unpaired) electrons. The van der Waals surface area contributed by atoms with Gasteiger partial charge in [0.15, 0.2) is 9.84 Å². The van der Waals surface area contributed by atoms with E-state index in [1.54, 1.807) is 26.1 Å². The minimum absolute atomic E-state index is 0.0377. The number of aryl methyl sites for hydroxylation is 1. The van der Waals surface area contributed by atoms with Crippen LogP contribution < -0.4 is 4.90 Å². The second-order valence-electron chi connectivity index (χ2n) is 9.06. The Hall–Kier alpha value is -2.33. The van der Waals surface area contributed by atoms with Gasteiger partial charge in [0.05, 0.1) is 16.3 Å². The fourth-order valence-electron chi connectivity index (χ4n) is 4.44. The molecule has 2 amide bonds. The molecule has 0 unspecified atom stereocenters. The highest BCUT2D eigenvalue weighted by Gasteiger charge is 2.28. The van der Waals surface area contributed by atoms with Crippen LogP contribution in [0.5, 0.6) is 0 Å². The quantitative estimate of drug-likeness (QED) is 0.519. The summed E-state index contributed by atoms with van der Waals surface area (Å²) in [5.74, 6) is -0.523. The molecule has 8 nitrogen and oxygen atoms in total. The first-order valence-corrected chi connectivity index (χ1v) is 14.0. The summed E-state index contributed by atoms with van der Waals surface area (Å²) in [7, 11) is -0.494. The number of anilines is 1. The number of nitrogens with zero attached hydrogens (tertiary/aromatic N) is 3. The maximum atomic E-state index is 13.4. The number of likely N-dealkylation sites (tertiary alicyclic amines) is 1. The molecule has 196 valence electrons. The van der Waals surface area contributed by atoms with Crippen LogP contribution in [-0.4, -0.2) is 74.3 Å². The van der Waals surface area contributed by atoms with E-state index in [-0.39, 0.29) is 22.4 Å². The van der Waals surface area contributed by atoms with Crippen LogP contribution in [0.15, 0.2) is 35.2 Å². The fourth-order valence-corrected chi connectivity index (χ4v) is 6.04. The van der Waals surface area contributed by atoms with Crippen molar-refractivity contribution in [1.82, 2.24) is 9.80 Å². The Morgan fingerprint density at radius 1 is 1.17 bits per heavy atom. The van der Waals surface area contributed by atoms with E-state index in [0.29, 0.717) is 28.7 Å². The van der Waals surface area contributed by atoms with Gasteiger partial charge in [0, 0.05) is 48.8 Å². The molecule has 1 aliphatic rings. The molecular formula is C25H31Cl2N3O5S. The minimum Gasteiger partial charge on any atom is -0.465 e. The first-order chi connectivity index (χ1) is 16.9. The highest BCUT2D eigenvalue weighted by atomic mass is 35.5. The minimum atomic E-state index is -3.59. The number of carbonyl (C=O) groups excluding carboxylic acids is 1. The molecule has 3 rings (SSSR count). The van der Waals surface area contributed by atoms with E-state index < -0.39 is 21.8 Å². The third-order valence-electron chi connectivity index (χ3n) is 6.68. The second-order valence-corrected chi connectivity index (χ2v) is 12.1. The summed E-state index contributed by atoms with van der Waals surface area (Å²) in [6, 6.07) is 7.61. The number of likely N-dealkylation sites (N-methyl/N-ethyl adjacent to an activating group) is 1. The van der Waals surface area contributed by atoms with Crippen LogP contribution in [0.25, 0.3) is 0 Å². The van der Waals surface area contributed by atoms with Crippen LogP contribution in [0.2, 0.25) is 10.0 Å². The van der Waals surface area contributed by atoms with Gasteiger partial charge in [-0.3, -0.25) is 9.69 Å². The Balaban J connectivity index is 1.86. The number of benzene rings is 2. The van der Waals surface area contributed by atoms with Crippen molar-refractivity contribution in [3.05, 3.63) is 57.1 Å². The van der Waals surface area contributed by atoms with Gasteiger partial charge in [-0.15, -0.1) is 0 Å². The van der Waals surface area contributed by atoms with E-state index in [1.165, 1.54) is 35.0 Å². The van der Waals surface area contributed by atoms with Crippen molar-refractivity contribution in [1.29, 1.82) is 0 Å². The van der Waals surface area contributed by atoms with Crippen molar-refractivity contribution >= 4 is 50.7 Å². The molecule has 1 atom stereocenters. The van der Waals surface area contributed by atoms with Gasteiger partial charge in [-0.25, -0.2) is 13.2 Å². The largest absolute Gasteiger partial charge is 0.465 e. The number of rotatable bonds is 7. The molecule has 1 saturated heterocycles. The summed E-state index contributed by atoms with van der Waals surface area (Å²) in [5.41, 5.74) is 2.21. The lowest BCUT2D eigenvalue weighted by Gasteiger charge is -2.36. The van der Waals surface area contributed by atoms with Gasteiger partial charge in [0.2, 0.25) is 0 Å². The zero-order valence-corrected chi connectivity index (χ0v) is 23.1. The summed E-state index contributed by atoms with van der Waals surface area (Å²) in [5, 5.41) is 10.1. The number of amides is 2. The van der Waals surface area contributed by atoms with E-state index in [0.717, 1.165) is 30.5 Å². The number of carboxylic acid groups (broad SMARTS) is 1. The number of sulfone groups is 1. The molecule has 2 aromatic rings. The highest BCUT2D eigenvalue weighted by Crippen LogP contribution is 2.31. The van der Waals surface area contributed by atoms with Gasteiger partial charge in [-0.2, -0.15) is 0 Å². The predicted molar refractivity (Wildman–Crippen MR) is 142 cm³/mol. The summed E-state index contributed by atoms with van der Waals surface area (Å²) < 4.78 is 25.2. The lowest BCUT2D eigenvalue weighted by molar-refractivity contribution is 0.0951. The Bertz CT molecular complexity index is 1250. The highest BCUT2D eigenvalue weighted by molar-refractivity contribution is 7.91. The van der Waals surface area contributed by atoms with E-state index in [4.69, 9.17) is 23.2 Å². The predicted octanol–water partition coefficient (Wildman–Crippen LogP) is 4.95. The number of piperidine rings is 1. The zero-order valence-electron chi connectivity index (χ0n) is 20.8. The van der Waals surface area contributed by atoms with E-state index in [9.17, 15) is 23.1 Å². The monoisotopic (exact) mass is 555 g/mol. The molecule has 1 fully saturated rings. The average molecular weight is 557 g/mol. The molecular weight excluding hydrogens is 525 g/mol. The van der Waals surface area contributed by atoms with Crippen LogP contribution in [0, 0.1) is 6.92 Å². The van der Waals surface area contributed by atoms with Gasteiger partial charge in [0.1, 0.15) is 0 Å². The third kappa shape index (κ3) is 6.14. The van der Waals surface area contributed by atoms with E-state index >= 15 is 0 Å². The molecule has 11 heteroatoms. The molecule has 1 aliphatic heterocycles. The first kappa shape index (κ1) is 28.2. The molecule has 0 aromatic heterocycles. The van der Waals surface area contributed by atoms with Gasteiger partial charge in [0.25, 0.3) is 5.91 Å². The molecule has 0 aliphatic carbocycles.